The van der Waals surface area contributed by atoms with Crippen LogP contribution in [0, 0.1) is 5.82 Å². The number of aromatic hydroxyl groups is 1. The number of nitrogens with zero attached hydrogens (tertiary/aromatic N) is 2. The fourth-order valence-electron chi connectivity index (χ4n) is 3.86. The van der Waals surface area contributed by atoms with Crippen molar-refractivity contribution in [1.82, 2.24) is 4.57 Å². The van der Waals surface area contributed by atoms with E-state index in [4.69, 9.17) is 5.73 Å². The predicted molar refractivity (Wildman–Crippen MR) is 93.3 cm³/mol. The van der Waals surface area contributed by atoms with Gasteiger partial charge in [-0.05, 0) is 23.6 Å². The lowest BCUT2D eigenvalue weighted by Crippen LogP contribution is -2.48. The molecule has 4 N–H and O–H groups in total. The van der Waals surface area contributed by atoms with Crippen molar-refractivity contribution < 1.29 is 9.50 Å². The summed E-state index contributed by atoms with van der Waals surface area (Å²) in [4.78, 5) is 4.63. The lowest BCUT2D eigenvalue weighted by atomic mass is 9.92. The molecule has 0 amide bonds. The summed E-state index contributed by atoms with van der Waals surface area (Å²) in [5.41, 5.74) is 7.55. The molecule has 24 heavy (non-hydrogen) atoms. The number of anilines is 1. The Morgan fingerprint density at radius 2 is 2.25 bits per heavy atom. The fraction of sp³-hybridized carbons (Fsp3) is 0.235. The summed E-state index contributed by atoms with van der Waals surface area (Å²) in [6.45, 7) is 0.636. The molecule has 5 rings (SSSR count). The van der Waals surface area contributed by atoms with Gasteiger partial charge in [0.2, 0.25) is 5.88 Å². The van der Waals surface area contributed by atoms with E-state index in [9.17, 15) is 9.50 Å². The van der Waals surface area contributed by atoms with Gasteiger partial charge in [-0.1, -0.05) is 6.07 Å². The maximum atomic E-state index is 14.0. The molecule has 0 bridgehead atoms. The third-order valence-electron chi connectivity index (χ3n) is 4.94. The van der Waals surface area contributed by atoms with Gasteiger partial charge in [0.25, 0.3) is 0 Å². The first-order valence-electron chi connectivity index (χ1n) is 7.78. The van der Waals surface area contributed by atoms with Crippen LogP contribution in [0.4, 0.5) is 10.1 Å². The average Bonchev–Trinajstić information content (AvgIpc) is 3.11. The monoisotopic (exact) mass is 342 g/mol. The Morgan fingerprint density at radius 3 is 3.12 bits per heavy atom. The molecule has 3 aromatic rings. The smallest absolute Gasteiger partial charge is 0.209 e. The van der Waals surface area contributed by atoms with Crippen LogP contribution in [0.1, 0.15) is 17.7 Å². The van der Waals surface area contributed by atoms with E-state index in [1.54, 1.807) is 6.07 Å². The number of amidine groups is 1. The maximum absolute atomic E-state index is 14.0. The minimum Gasteiger partial charge on any atom is -0.493 e. The minimum absolute atomic E-state index is 0.229. The van der Waals surface area contributed by atoms with Crippen molar-refractivity contribution in [3.63, 3.8) is 0 Å². The van der Waals surface area contributed by atoms with Crippen LogP contribution in [0.15, 0.2) is 34.6 Å². The molecular weight excluding hydrogens is 327 g/mol. The highest BCUT2D eigenvalue weighted by Crippen LogP contribution is 2.43. The average molecular weight is 342 g/mol. The Hall–Kier alpha value is -2.54. The molecule has 122 valence electrons. The van der Waals surface area contributed by atoms with Gasteiger partial charge in [0.1, 0.15) is 17.3 Å². The summed E-state index contributed by atoms with van der Waals surface area (Å²) < 4.78 is 16.9. The normalized spacial score (nSPS) is 22.1. The number of hydrogen-bond acceptors (Lipinski definition) is 5. The van der Waals surface area contributed by atoms with Crippen LogP contribution in [-0.2, 0) is 13.0 Å². The Kier molecular flexibility index (Phi) is 2.60. The van der Waals surface area contributed by atoms with Gasteiger partial charge in [0.15, 0.2) is 0 Å². The third kappa shape index (κ3) is 1.70. The second kappa shape index (κ2) is 4.51. The summed E-state index contributed by atoms with van der Waals surface area (Å²) in [5.74, 6) is 0.185. The molecule has 0 aliphatic carbocycles. The highest BCUT2D eigenvalue weighted by molar-refractivity contribution is 7.17. The number of benzene rings is 1. The predicted octanol–water partition coefficient (Wildman–Crippen LogP) is 3.02. The van der Waals surface area contributed by atoms with E-state index >= 15 is 0 Å². The topological polar surface area (TPSA) is 75.6 Å². The van der Waals surface area contributed by atoms with E-state index in [2.05, 4.69) is 10.3 Å². The molecule has 1 atom stereocenters. The molecule has 2 aliphatic rings. The Morgan fingerprint density at radius 1 is 1.38 bits per heavy atom. The standard InChI is InChI=1S/C17H15FN4OS/c18-10-2-1-3-11-13(10)15(19)21-17(20-11)5-6-22-12(8-17)9-4-7-24-14(9)16(22)23/h1-4,7,20,23H,5-6,8H2,(H2,19,21)/t17-/m1/s1. The van der Waals surface area contributed by atoms with Crippen molar-refractivity contribution in [2.75, 3.05) is 5.32 Å². The number of hydrogen-bond donors (Lipinski definition) is 3. The molecule has 7 heteroatoms. The second-order valence-electron chi connectivity index (χ2n) is 6.33. The molecule has 2 aliphatic heterocycles. The van der Waals surface area contributed by atoms with Gasteiger partial charge in [-0.15, -0.1) is 11.3 Å². The third-order valence-corrected chi connectivity index (χ3v) is 5.85. The van der Waals surface area contributed by atoms with Gasteiger partial charge >= 0.3 is 0 Å². The Balaban J connectivity index is 1.65. The lowest BCUT2D eigenvalue weighted by Gasteiger charge is -2.39. The van der Waals surface area contributed by atoms with Crippen molar-refractivity contribution in [2.45, 2.75) is 25.0 Å². The number of aromatic nitrogens is 1. The number of rotatable bonds is 0. The number of aliphatic imine (C=N–C) groups is 1. The maximum Gasteiger partial charge on any atom is 0.209 e. The molecular formula is C17H15FN4OS. The summed E-state index contributed by atoms with van der Waals surface area (Å²) >= 11 is 1.53. The van der Waals surface area contributed by atoms with Gasteiger partial charge in [-0.3, -0.25) is 0 Å². The van der Waals surface area contributed by atoms with E-state index in [1.807, 2.05) is 22.1 Å². The SMILES string of the molecule is NC1=N[C@@]2(CCn3c(c4ccsc4c3O)C2)Nc2cccc(F)c21. The molecule has 0 radical (unpaired) electrons. The number of nitrogens with two attached hydrogens (primary N) is 1. The summed E-state index contributed by atoms with van der Waals surface area (Å²) in [5, 5.41) is 16.8. The van der Waals surface area contributed by atoms with Crippen LogP contribution in [0.3, 0.4) is 0 Å². The zero-order valence-corrected chi connectivity index (χ0v) is 13.5. The largest absolute Gasteiger partial charge is 0.493 e. The molecule has 4 heterocycles. The number of nitrogens with one attached hydrogen (secondary N) is 1. The second-order valence-corrected chi connectivity index (χ2v) is 7.24. The van der Waals surface area contributed by atoms with Crippen LogP contribution in [0.5, 0.6) is 5.88 Å². The van der Waals surface area contributed by atoms with Gasteiger partial charge in [-0.2, -0.15) is 0 Å². The molecule has 1 aromatic carbocycles. The molecule has 0 fully saturated rings. The summed E-state index contributed by atoms with van der Waals surface area (Å²) in [7, 11) is 0. The highest BCUT2D eigenvalue weighted by atomic mass is 32.1. The molecule has 1 spiro atoms. The van der Waals surface area contributed by atoms with Crippen molar-refractivity contribution >= 4 is 32.9 Å². The van der Waals surface area contributed by atoms with Gasteiger partial charge in [0, 0.05) is 36.2 Å². The first-order valence-corrected chi connectivity index (χ1v) is 8.66. The van der Waals surface area contributed by atoms with Crippen molar-refractivity contribution in [3.05, 3.63) is 46.7 Å². The molecule has 0 saturated heterocycles. The van der Waals surface area contributed by atoms with Crippen molar-refractivity contribution in [2.24, 2.45) is 10.7 Å². The first-order chi connectivity index (χ1) is 11.6. The van der Waals surface area contributed by atoms with Crippen LogP contribution in [-0.4, -0.2) is 21.2 Å². The molecule has 2 aromatic heterocycles. The number of fused-ring (bicyclic) bond motifs is 4. The van der Waals surface area contributed by atoms with Gasteiger partial charge in [0.05, 0.1) is 10.3 Å². The van der Waals surface area contributed by atoms with E-state index in [1.165, 1.54) is 17.4 Å². The zero-order chi connectivity index (χ0) is 16.5. The van der Waals surface area contributed by atoms with E-state index in [-0.39, 0.29) is 11.7 Å². The molecule has 0 saturated carbocycles. The van der Waals surface area contributed by atoms with Gasteiger partial charge in [-0.25, -0.2) is 9.38 Å². The highest BCUT2D eigenvalue weighted by Gasteiger charge is 2.40. The van der Waals surface area contributed by atoms with E-state index < -0.39 is 5.66 Å². The minimum atomic E-state index is -0.597. The molecule has 5 nitrogen and oxygen atoms in total. The lowest BCUT2D eigenvalue weighted by molar-refractivity contribution is 0.332. The Bertz CT molecular complexity index is 1020. The van der Waals surface area contributed by atoms with Crippen molar-refractivity contribution in [1.29, 1.82) is 0 Å². The van der Waals surface area contributed by atoms with E-state index in [0.717, 1.165) is 15.8 Å². The summed E-state index contributed by atoms with van der Waals surface area (Å²) in [6.07, 6.45) is 1.27. The van der Waals surface area contributed by atoms with E-state index in [0.29, 0.717) is 36.5 Å². The number of halogens is 1. The summed E-state index contributed by atoms with van der Waals surface area (Å²) in [6, 6.07) is 6.91. The van der Waals surface area contributed by atoms with Crippen LogP contribution in [0.2, 0.25) is 0 Å². The quantitative estimate of drug-likeness (QED) is 0.588. The van der Waals surface area contributed by atoms with Crippen molar-refractivity contribution in [3.8, 4) is 5.88 Å². The fourth-order valence-corrected chi connectivity index (χ4v) is 4.72. The molecule has 0 unspecified atom stereocenters. The Labute approximate surface area is 141 Å². The number of thiophene rings is 1. The van der Waals surface area contributed by atoms with Gasteiger partial charge < -0.3 is 20.7 Å². The van der Waals surface area contributed by atoms with Crippen LogP contribution >= 0.6 is 11.3 Å². The van der Waals surface area contributed by atoms with Crippen LogP contribution < -0.4 is 11.1 Å². The zero-order valence-electron chi connectivity index (χ0n) is 12.7. The first kappa shape index (κ1) is 13.9. The van der Waals surface area contributed by atoms with Crippen LogP contribution in [0.25, 0.3) is 10.1 Å².